The van der Waals surface area contributed by atoms with Crippen molar-refractivity contribution >= 4 is 11.7 Å². The lowest BCUT2D eigenvalue weighted by atomic mass is 9.91. The van der Waals surface area contributed by atoms with E-state index in [1.165, 1.54) is 0 Å². The maximum atomic E-state index is 13.0. The van der Waals surface area contributed by atoms with Crippen LogP contribution in [0.2, 0.25) is 0 Å². The fraction of sp³-hybridized carbons (Fsp3) is 0.476. The molecular weight excluding hydrogens is 340 g/mol. The highest BCUT2D eigenvalue weighted by Crippen LogP contribution is 2.22. The lowest BCUT2D eigenvalue weighted by Crippen LogP contribution is -2.42. The molecule has 6 nitrogen and oxygen atoms in total. The molecule has 0 aliphatic carbocycles. The van der Waals surface area contributed by atoms with Crippen molar-refractivity contribution < 1.29 is 9.59 Å². The molecule has 0 saturated carbocycles. The van der Waals surface area contributed by atoms with Crippen molar-refractivity contribution in [2.45, 2.75) is 40.0 Å². The van der Waals surface area contributed by atoms with Crippen molar-refractivity contribution in [3.05, 3.63) is 53.4 Å². The Morgan fingerprint density at radius 2 is 2.04 bits per heavy atom. The molecule has 0 unspecified atom stereocenters. The van der Waals surface area contributed by atoms with Gasteiger partial charge in [-0.3, -0.25) is 14.6 Å². The van der Waals surface area contributed by atoms with E-state index < -0.39 is 0 Å². The first-order valence-electron chi connectivity index (χ1n) is 9.53. The van der Waals surface area contributed by atoms with Gasteiger partial charge >= 0.3 is 0 Å². The number of Topliss-reactive ketones (excluding diaryl/α,β-unsaturated/α-hetero) is 1. The molecule has 3 rings (SSSR count). The minimum atomic E-state index is -0.212. The summed E-state index contributed by atoms with van der Waals surface area (Å²) >= 11 is 0. The molecule has 1 saturated heterocycles. The van der Waals surface area contributed by atoms with Crippen molar-refractivity contribution in [1.82, 2.24) is 19.9 Å². The fourth-order valence-electron chi connectivity index (χ4n) is 3.52. The number of hydrogen-bond donors (Lipinski definition) is 0. The monoisotopic (exact) mass is 366 g/mol. The zero-order valence-electron chi connectivity index (χ0n) is 16.2. The van der Waals surface area contributed by atoms with E-state index in [4.69, 9.17) is 0 Å². The lowest BCUT2D eigenvalue weighted by molar-refractivity contribution is 0.0630. The minimum absolute atomic E-state index is 0.00691. The summed E-state index contributed by atoms with van der Waals surface area (Å²) in [5.41, 5.74) is 1.77. The van der Waals surface area contributed by atoms with Crippen LogP contribution in [-0.2, 0) is 6.42 Å². The second-order valence-corrected chi connectivity index (χ2v) is 7.56. The number of nitrogens with zero attached hydrogens (tertiary/aromatic N) is 4. The third-order valence-corrected chi connectivity index (χ3v) is 4.72. The van der Waals surface area contributed by atoms with Crippen LogP contribution in [0.25, 0.3) is 0 Å². The van der Waals surface area contributed by atoms with Crippen molar-refractivity contribution in [3.63, 3.8) is 0 Å². The lowest BCUT2D eigenvalue weighted by Gasteiger charge is -2.31. The molecule has 0 bridgehead atoms. The van der Waals surface area contributed by atoms with Gasteiger partial charge in [0.15, 0.2) is 5.78 Å². The van der Waals surface area contributed by atoms with E-state index in [1.54, 1.807) is 29.3 Å². The number of aromatic nitrogens is 3. The normalized spacial score (nSPS) is 17.2. The highest BCUT2D eigenvalue weighted by Gasteiger charge is 2.30. The van der Waals surface area contributed by atoms with Crippen molar-refractivity contribution in [1.29, 1.82) is 0 Å². The maximum Gasteiger partial charge on any atom is 0.272 e. The smallest absolute Gasteiger partial charge is 0.272 e. The molecule has 0 spiro atoms. The number of carbonyl (C=O) groups is 2. The molecule has 6 heteroatoms. The first-order valence-corrected chi connectivity index (χ1v) is 9.53. The van der Waals surface area contributed by atoms with Crippen LogP contribution in [0.1, 0.15) is 59.2 Å². The van der Waals surface area contributed by atoms with Gasteiger partial charge in [-0.05, 0) is 50.3 Å². The van der Waals surface area contributed by atoms with Gasteiger partial charge in [0.2, 0.25) is 0 Å². The number of hydrogen-bond acceptors (Lipinski definition) is 5. The molecule has 0 radical (unpaired) electrons. The van der Waals surface area contributed by atoms with Crippen LogP contribution >= 0.6 is 0 Å². The molecule has 1 aliphatic rings. The number of carbonyl (C=O) groups excluding carboxylic acids is 2. The fourth-order valence-corrected chi connectivity index (χ4v) is 3.52. The summed E-state index contributed by atoms with van der Waals surface area (Å²) in [6.45, 7) is 7.11. The Kier molecular flexibility index (Phi) is 5.94. The van der Waals surface area contributed by atoms with Gasteiger partial charge in [0.1, 0.15) is 17.2 Å². The second kappa shape index (κ2) is 8.37. The van der Waals surface area contributed by atoms with Crippen LogP contribution in [0.5, 0.6) is 0 Å². The van der Waals surface area contributed by atoms with Gasteiger partial charge in [-0.15, -0.1) is 0 Å². The zero-order chi connectivity index (χ0) is 19.4. The Bertz CT molecular complexity index is 820. The molecule has 2 aromatic heterocycles. The van der Waals surface area contributed by atoms with Gasteiger partial charge in [0.05, 0.1) is 0 Å². The molecule has 142 valence electrons. The van der Waals surface area contributed by atoms with E-state index in [2.05, 4.69) is 28.8 Å². The summed E-state index contributed by atoms with van der Waals surface area (Å²) < 4.78 is 0. The quantitative estimate of drug-likeness (QED) is 0.760. The van der Waals surface area contributed by atoms with E-state index in [1.807, 2.05) is 13.0 Å². The Morgan fingerprint density at radius 3 is 2.74 bits per heavy atom. The third-order valence-electron chi connectivity index (χ3n) is 4.72. The van der Waals surface area contributed by atoms with Crippen molar-refractivity contribution in [2.24, 2.45) is 11.8 Å². The molecule has 27 heavy (non-hydrogen) atoms. The van der Waals surface area contributed by atoms with Gasteiger partial charge in [-0.2, -0.15) is 0 Å². The van der Waals surface area contributed by atoms with E-state index in [0.717, 1.165) is 25.0 Å². The molecule has 0 aromatic carbocycles. The van der Waals surface area contributed by atoms with Gasteiger partial charge in [0.25, 0.3) is 5.91 Å². The highest BCUT2D eigenvalue weighted by molar-refractivity contribution is 5.97. The number of rotatable bonds is 5. The van der Waals surface area contributed by atoms with Gasteiger partial charge in [-0.1, -0.05) is 19.9 Å². The summed E-state index contributed by atoms with van der Waals surface area (Å²) in [5.74, 6) is 0.736. The minimum Gasteiger partial charge on any atom is -0.337 e. The number of piperidine rings is 1. The topological polar surface area (TPSA) is 76.1 Å². The van der Waals surface area contributed by atoms with E-state index in [9.17, 15) is 9.59 Å². The third kappa shape index (κ3) is 4.76. The Balaban J connectivity index is 1.75. The van der Waals surface area contributed by atoms with Crippen LogP contribution in [0, 0.1) is 18.8 Å². The molecular formula is C21H26N4O2. The number of ketones is 1. The second-order valence-electron chi connectivity index (χ2n) is 7.56. The van der Waals surface area contributed by atoms with Crippen molar-refractivity contribution in [3.8, 4) is 0 Å². The highest BCUT2D eigenvalue weighted by atomic mass is 16.2. The van der Waals surface area contributed by atoms with Gasteiger partial charge < -0.3 is 4.90 Å². The average Bonchev–Trinajstić information content (AvgIpc) is 2.66. The van der Waals surface area contributed by atoms with Crippen molar-refractivity contribution in [2.75, 3.05) is 13.1 Å². The predicted octanol–water partition coefficient (Wildman–Crippen LogP) is 3.11. The molecule has 0 N–H and O–H groups in total. The molecule has 1 amide bonds. The molecule has 1 aliphatic heterocycles. The van der Waals surface area contributed by atoms with Crippen LogP contribution in [0.15, 0.2) is 30.5 Å². The number of likely N-dealkylation sites (tertiary alicyclic amines) is 1. The molecule has 1 atom stereocenters. The summed E-state index contributed by atoms with van der Waals surface area (Å²) in [4.78, 5) is 40.4. The Morgan fingerprint density at radius 1 is 1.22 bits per heavy atom. The first kappa shape index (κ1) is 19.1. The Hall–Kier alpha value is -2.63. The van der Waals surface area contributed by atoms with E-state index in [-0.39, 0.29) is 17.6 Å². The predicted molar refractivity (Wildman–Crippen MR) is 103 cm³/mol. The number of aryl methyl sites for hydroxylation is 1. The Labute approximate surface area is 160 Å². The van der Waals surface area contributed by atoms with Gasteiger partial charge in [-0.25, -0.2) is 9.97 Å². The summed E-state index contributed by atoms with van der Waals surface area (Å²) in [7, 11) is 0. The molecule has 2 aromatic rings. The first-order chi connectivity index (χ1) is 12.9. The maximum absolute atomic E-state index is 13.0. The van der Waals surface area contributed by atoms with E-state index in [0.29, 0.717) is 36.2 Å². The number of amides is 1. The molecule has 1 fully saturated rings. The van der Waals surface area contributed by atoms with Crippen LogP contribution < -0.4 is 0 Å². The van der Waals surface area contributed by atoms with Crippen LogP contribution in [0.3, 0.4) is 0 Å². The SMILES string of the molecule is Cc1nc(CC(C)C)cc(C(=O)N2CCC[C@H](C(=O)c3ccccn3)C2)n1. The van der Waals surface area contributed by atoms with Crippen LogP contribution in [0.4, 0.5) is 0 Å². The number of pyridine rings is 1. The van der Waals surface area contributed by atoms with Crippen LogP contribution in [-0.4, -0.2) is 44.6 Å². The summed E-state index contributed by atoms with van der Waals surface area (Å²) in [5, 5.41) is 0. The largest absolute Gasteiger partial charge is 0.337 e. The average molecular weight is 366 g/mol. The van der Waals surface area contributed by atoms with Gasteiger partial charge in [0, 0.05) is 30.9 Å². The van der Waals surface area contributed by atoms with E-state index >= 15 is 0 Å². The summed E-state index contributed by atoms with van der Waals surface area (Å²) in [6, 6.07) is 7.13. The zero-order valence-corrected chi connectivity index (χ0v) is 16.2. The standard InChI is InChI=1S/C21H26N4O2/c1-14(2)11-17-12-19(24-15(3)23-17)21(27)25-10-6-7-16(13-25)20(26)18-8-4-5-9-22-18/h4-5,8-9,12,14,16H,6-7,10-11,13H2,1-3H3/t16-/m0/s1. The summed E-state index contributed by atoms with van der Waals surface area (Å²) in [6.07, 6.45) is 4.02. The molecule has 3 heterocycles.